The highest BCUT2D eigenvalue weighted by atomic mass is 15.1. The zero-order valence-electron chi connectivity index (χ0n) is 34.5. The van der Waals surface area contributed by atoms with Crippen LogP contribution in [0.5, 0.6) is 0 Å². The Labute approximate surface area is 342 Å². The van der Waals surface area contributed by atoms with Gasteiger partial charge in [0.25, 0.3) is 0 Å². The van der Waals surface area contributed by atoms with Crippen LogP contribution in [-0.4, -0.2) is 64.5 Å². The molecular formula is C48H41B7N2. The summed E-state index contributed by atoms with van der Waals surface area (Å²) in [4.78, 5) is 5.35. The number of aromatic nitrogens is 2. The largest absolute Gasteiger partial charge is 0.292 e. The van der Waals surface area contributed by atoms with Gasteiger partial charge in [-0.2, -0.15) is 0 Å². The van der Waals surface area contributed by atoms with E-state index in [1.165, 1.54) is 104 Å². The van der Waals surface area contributed by atoms with E-state index in [0.29, 0.717) is 0 Å². The molecule has 0 aliphatic heterocycles. The molecule has 0 amide bonds. The Morgan fingerprint density at radius 2 is 0.860 bits per heavy atom. The maximum atomic E-state index is 5.35. The quantitative estimate of drug-likeness (QED) is 0.191. The summed E-state index contributed by atoms with van der Waals surface area (Å²) in [5, 5.41) is 5.04. The van der Waals surface area contributed by atoms with Crippen molar-refractivity contribution >= 4 is 126 Å². The molecule has 2 nitrogen and oxygen atoms in total. The average Bonchev–Trinajstić information content (AvgIpc) is 3.74. The number of para-hydroxylation sites is 3. The normalized spacial score (nSPS) is 13.0. The maximum absolute atomic E-state index is 5.35. The van der Waals surface area contributed by atoms with Crippen molar-refractivity contribution in [3.8, 4) is 50.5 Å². The third-order valence-electron chi connectivity index (χ3n) is 13.7. The molecule has 9 heteroatoms. The van der Waals surface area contributed by atoms with Crippen LogP contribution in [0.2, 0.25) is 0 Å². The van der Waals surface area contributed by atoms with Gasteiger partial charge in [-0.25, -0.2) is 4.98 Å². The van der Waals surface area contributed by atoms with Crippen molar-refractivity contribution in [3.05, 3.63) is 139 Å². The molecule has 8 aromatic carbocycles. The first-order chi connectivity index (χ1) is 27.5. The van der Waals surface area contributed by atoms with Crippen molar-refractivity contribution in [1.82, 2.24) is 9.55 Å². The van der Waals surface area contributed by atoms with Crippen LogP contribution in [0, 0.1) is 0 Å². The fourth-order valence-corrected chi connectivity index (χ4v) is 10.8. The summed E-state index contributed by atoms with van der Waals surface area (Å²) < 4.78 is 2.32. The second-order valence-electron chi connectivity index (χ2n) is 16.9. The summed E-state index contributed by atoms with van der Waals surface area (Å²) >= 11 is 0. The van der Waals surface area contributed by atoms with Crippen LogP contribution in [0.3, 0.4) is 0 Å². The Kier molecular flexibility index (Phi) is 8.04. The monoisotopic (exact) mass is 722 g/mol. The van der Waals surface area contributed by atoms with Crippen LogP contribution in [0.4, 0.5) is 0 Å². The Morgan fingerprint density at radius 3 is 1.49 bits per heavy atom. The Hall–Kier alpha value is -5.80. The van der Waals surface area contributed by atoms with Gasteiger partial charge in [-0.3, -0.25) is 4.57 Å². The van der Waals surface area contributed by atoms with E-state index < -0.39 is 0 Å². The molecule has 0 saturated heterocycles. The summed E-state index contributed by atoms with van der Waals surface area (Å²) in [6, 6.07) is 46.2. The van der Waals surface area contributed by atoms with Gasteiger partial charge in [0, 0.05) is 16.7 Å². The van der Waals surface area contributed by atoms with E-state index in [-0.39, 0.29) is 5.41 Å². The summed E-state index contributed by atoms with van der Waals surface area (Å²) in [6.45, 7) is 4.92. The molecule has 0 radical (unpaired) electrons. The van der Waals surface area contributed by atoms with Crippen LogP contribution >= 0.6 is 0 Å². The van der Waals surface area contributed by atoms with Gasteiger partial charge in [-0.05, 0) is 90.3 Å². The molecule has 1 aliphatic rings. The number of rotatable bonds is 4. The molecule has 10 rings (SSSR count). The number of benzene rings is 8. The van der Waals surface area contributed by atoms with Gasteiger partial charge in [0.05, 0.1) is 11.0 Å². The molecule has 0 atom stereocenters. The second kappa shape index (κ2) is 12.9. The zero-order chi connectivity index (χ0) is 39.5. The van der Waals surface area contributed by atoms with Gasteiger partial charge in [0.1, 0.15) is 60.7 Å². The molecule has 0 bridgehead atoms. The van der Waals surface area contributed by atoms with E-state index >= 15 is 0 Å². The molecule has 264 valence electrons. The SMILES string of the molecule is Bc1c(B)c(B)c2c(c1B)-c1c(B)c(B)c(-c3c4ccccc4c(-c4ccccc4-c4nc5ccccc5n4-c4ccccc4)c4ccccc34)c(B)c1C2(C)C. The summed E-state index contributed by atoms with van der Waals surface area (Å²) in [5.41, 5.74) is 25.0. The van der Waals surface area contributed by atoms with E-state index in [9.17, 15) is 0 Å². The molecule has 0 saturated carbocycles. The third-order valence-corrected chi connectivity index (χ3v) is 13.7. The highest BCUT2D eigenvalue weighted by molar-refractivity contribution is 6.65. The van der Waals surface area contributed by atoms with Gasteiger partial charge in [0.15, 0.2) is 0 Å². The van der Waals surface area contributed by atoms with Crippen LogP contribution < -0.4 is 38.2 Å². The van der Waals surface area contributed by atoms with E-state index in [1.54, 1.807) is 0 Å². The van der Waals surface area contributed by atoms with Gasteiger partial charge >= 0.3 is 0 Å². The molecule has 9 aromatic rings. The lowest BCUT2D eigenvalue weighted by atomic mass is 9.61. The lowest BCUT2D eigenvalue weighted by Crippen LogP contribution is -2.51. The zero-order valence-corrected chi connectivity index (χ0v) is 34.5. The fraction of sp³-hybridized carbons (Fsp3) is 0.0625. The van der Waals surface area contributed by atoms with Crippen molar-refractivity contribution in [1.29, 1.82) is 0 Å². The molecule has 0 unspecified atom stereocenters. The van der Waals surface area contributed by atoms with Crippen molar-refractivity contribution in [2.75, 3.05) is 0 Å². The maximum Gasteiger partial charge on any atom is 0.146 e. The van der Waals surface area contributed by atoms with Crippen LogP contribution in [0.25, 0.3) is 83.0 Å². The highest BCUT2D eigenvalue weighted by Gasteiger charge is 2.41. The molecule has 1 heterocycles. The minimum Gasteiger partial charge on any atom is -0.292 e. The van der Waals surface area contributed by atoms with Crippen molar-refractivity contribution < 1.29 is 0 Å². The summed E-state index contributed by atoms with van der Waals surface area (Å²) in [5.74, 6) is 0.939. The second-order valence-corrected chi connectivity index (χ2v) is 16.9. The van der Waals surface area contributed by atoms with Gasteiger partial charge in [0.2, 0.25) is 0 Å². The first-order valence-electron chi connectivity index (χ1n) is 20.3. The summed E-state index contributed by atoms with van der Waals surface area (Å²) in [6.07, 6.45) is 0. The average molecular weight is 722 g/mol. The van der Waals surface area contributed by atoms with Crippen LogP contribution in [-0.2, 0) is 5.41 Å². The minimum atomic E-state index is -0.135. The first-order valence-corrected chi connectivity index (χ1v) is 20.3. The molecular weight excluding hydrogens is 680 g/mol. The molecule has 57 heavy (non-hydrogen) atoms. The van der Waals surface area contributed by atoms with E-state index in [2.05, 4.69) is 201 Å². The van der Waals surface area contributed by atoms with Crippen LogP contribution in [0.1, 0.15) is 25.0 Å². The lowest BCUT2D eigenvalue weighted by molar-refractivity contribution is 0.670. The standard InChI is InChI=1S/C48H41B7N2/c1-48(2)38-35(36-39(48)44(53)46(55)45(54)42(36)51)41(50)43(52)37(40(38)49)34-27-18-8-6-16-25(27)33(26-17-7-9-19-28(26)34)29-20-10-11-21-30(29)47-56-31-22-12-13-23-32(31)57(47)24-14-4-3-5-15-24/h3-23H,49-55H2,1-2H3. The Morgan fingerprint density at radius 1 is 0.404 bits per heavy atom. The number of hydrogen-bond donors (Lipinski definition) is 0. The molecule has 0 fully saturated rings. The van der Waals surface area contributed by atoms with E-state index in [4.69, 9.17) is 4.98 Å². The number of fused-ring (bicyclic) bond motifs is 6. The van der Waals surface area contributed by atoms with Gasteiger partial charge in [-0.15, -0.1) is 10.9 Å². The molecule has 1 aromatic heterocycles. The Balaban J connectivity index is 1.30. The smallest absolute Gasteiger partial charge is 0.146 e. The fourth-order valence-electron chi connectivity index (χ4n) is 10.8. The van der Waals surface area contributed by atoms with Crippen molar-refractivity contribution in [2.45, 2.75) is 19.3 Å². The number of imidazole rings is 1. The molecule has 1 aliphatic carbocycles. The van der Waals surface area contributed by atoms with Gasteiger partial charge in [-0.1, -0.05) is 144 Å². The van der Waals surface area contributed by atoms with Crippen LogP contribution in [0.15, 0.2) is 127 Å². The third kappa shape index (κ3) is 4.91. The van der Waals surface area contributed by atoms with Crippen molar-refractivity contribution in [3.63, 3.8) is 0 Å². The minimum absolute atomic E-state index is 0.135. The predicted octanol–water partition coefficient (Wildman–Crippen LogP) is 0.448. The molecule has 0 spiro atoms. The van der Waals surface area contributed by atoms with E-state index in [0.717, 1.165) is 28.1 Å². The van der Waals surface area contributed by atoms with E-state index in [1.807, 2.05) is 0 Å². The highest BCUT2D eigenvalue weighted by Crippen LogP contribution is 2.49. The Bertz CT molecular complexity index is 3130. The number of hydrogen-bond acceptors (Lipinski definition) is 1. The number of nitrogens with zero attached hydrogens (tertiary/aromatic N) is 2. The first kappa shape index (κ1) is 35.6. The topological polar surface area (TPSA) is 17.8 Å². The predicted molar refractivity (Wildman–Crippen MR) is 267 cm³/mol. The lowest BCUT2D eigenvalue weighted by Gasteiger charge is -2.30. The van der Waals surface area contributed by atoms with Crippen molar-refractivity contribution in [2.24, 2.45) is 0 Å². The molecule has 0 N–H and O–H groups in total. The van der Waals surface area contributed by atoms with Gasteiger partial charge < -0.3 is 0 Å². The summed E-state index contributed by atoms with van der Waals surface area (Å²) in [7, 11) is 16.5.